The fraction of sp³-hybridized carbons (Fsp3) is 0.583. The van der Waals surface area contributed by atoms with Gasteiger partial charge in [-0.05, 0) is 19.4 Å². The quantitative estimate of drug-likeness (QED) is 0.838. The predicted octanol–water partition coefficient (Wildman–Crippen LogP) is 1.36. The molecule has 1 aliphatic heterocycles. The molecule has 0 radical (unpaired) electrons. The Balaban J connectivity index is 2.24. The summed E-state index contributed by atoms with van der Waals surface area (Å²) in [6.07, 6.45) is 2.29. The van der Waals surface area contributed by atoms with Crippen molar-refractivity contribution in [2.24, 2.45) is 0 Å². The number of likely N-dealkylation sites (N-methyl/N-ethyl adjacent to an activating group) is 1. The number of pyridine rings is 1. The number of aliphatic hydroxyl groups excluding tert-OH is 1. The van der Waals surface area contributed by atoms with E-state index in [0.717, 1.165) is 31.0 Å². The van der Waals surface area contributed by atoms with E-state index in [1.807, 2.05) is 19.2 Å². The lowest BCUT2D eigenvalue weighted by atomic mass is 10.1. The molecule has 1 fully saturated rings. The fourth-order valence-electron chi connectivity index (χ4n) is 2.03. The van der Waals surface area contributed by atoms with Gasteiger partial charge in [0.1, 0.15) is 5.82 Å². The van der Waals surface area contributed by atoms with Crippen molar-refractivity contribution < 1.29 is 9.84 Å². The minimum atomic E-state index is -0.492. The molecule has 1 unspecified atom stereocenters. The number of aliphatic hydroxyl groups is 1. The Hall–Kier alpha value is -1.13. The summed E-state index contributed by atoms with van der Waals surface area (Å²) in [5.41, 5.74) is 0.872. The third kappa shape index (κ3) is 2.18. The molecule has 1 aromatic rings. The van der Waals surface area contributed by atoms with Gasteiger partial charge in [-0.2, -0.15) is 0 Å². The van der Waals surface area contributed by atoms with Gasteiger partial charge in [0.25, 0.3) is 0 Å². The van der Waals surface area contributed by atoms with E-state index < -0.39 is 6.10 Å². The smallest absolute Gasteiger partial charge is 0.134 e. The highest BCUT2D eigenvalue weighted by atomic mass is 16.5. The summed E-state index contributed by atoms with van der Waals surface area (Å²) in [5, 5.41) is 9.70. The average Bonchev–Trinajstić information content (AvgIpc) is 2.81. The Morgan fingerprint density at radius 2 is 2.44 bits per heavy atom. The van der Waals surface area contributed by atoms with Crippen LogP contribution in [0, 0.1) is 0 Å². The van der Waals surface area contributed by atoms with Crippen molar-refractivity contribution in [1.82, 2.24) is 4.98 Å². The van der Waals surface area contributed by atoms with Crippen molar-refractivity contribution in [3.05, 3.63) is 23.9 Å². The lowest BCUT2D eigenvalue weighted by molar-refractivity contribution is 0.192. The summed E-state index contributed by atoms with van der Waals surface area (Å²) in [6, 6.07) is 4.14. The van der Waals surface area contributed by atoms with Crippen LogP contribution in [0.1, 0.15) is 25.0 Å². The van der Waals surface area contributed by atoms with Crippen LogP contribution in [0.2, 0.25) is 0 Å². The maximum atomic E-state index is 9.70. The Bertz CT molecular complexity index is 349. The van der Waals surface area contributed by atoms with Crippen LogP contribution in [0.5, 0.6) is 0 Å². The molecule has 2 heterocycles. The molecule has 0 bridgehead atoms. The molecule has 1 aliphatic rings. The highest BCUT2D eigenvalue weighted by Crippen LogP contribution is 2.26. The van der Waals surface area contributed by atoms with Crippen molar-refractivity contribution in [3.8, 4) is 0 Å². The lowest BCUT2D eigenvalue weighted by Gasteiger charge is -2.27. The van der Waals surface area contributed by atoms with Crippen molar-refractivity contribution in [2.75, 3.05) is 25.2 Å². The van der Waals surface area contributed by atoms with Gasteiger partial charge in [0.05, 0.1) is 18.8 Å². The van der Waals surface area contributed by atoms with Gasteiger partial charge in [0.15, 0.2) is 0 Å². The van der Waals surface area contributed by atoms with Crippen LogP contribution in [0.25, 0.3) is 0 Å². The first-order chi connectivity index (χ1) is 7.70. The zero-order valence-corrected chi connectivity index (χ0v) is 9.76. The number of anilines is 1. The molecule has 0 aliphatic carbocycles. The normalized spacial score (nSPS) is 22.1. The third-order valence-electron chi connectivity index (χ3n) is 3.05. The summed E-state index contributed by atoms with van der Waals surface area (Å²) >= 11 is 0. The zero-order valence-electron chi connectivity index (χ0n) is 9.76. The molecular weight excluding hydrogens is 204 g/mol. The molecule has 88 valence electrons. The number of rotatable bonds is 3. The monoisotopic (exact) mass is 222 g/mol. The second-order valence-corrected chi connectivity index (χ2v) is 4.22. The second-order valence-electron chi connectivity index (χ2n) is 4.22. The van der Waals surface area contributed by atoms with Crippen LogP contribution >= 0.6 is 0 Å². The molecule has 4 nitrogen and oxygen atoms in total. The van der Waals surface area contributed by atoms with E-state index in [-0.39, 0.29) is 0 Å². The maximum absolute atomic E-state index is 9.70. The van der Waals surface area contributed by atoms with Gasteiger partial charge in [0.2, 0.25) is 0 Å². The number of aromatic nitrogens is 1. The topological polar surface area (TPSA) is 45.6 Å². The largest absolute Gasteiger partial charge is 0.389 e. The summed E-state index contributed by atoms with van der Waals surface area (Å²) in [7, 11) is 2.01. The van der Waals surface area contributed by atoms with E-state index in [9.17, 15) is 5.11 Å². The highest BCUT2D eigenvalue weighted by Gasteiger charge is 2.23. The molecule has 0 amide bonds. The maximum Gasteiger partial charge on any atom is 0.134 e. The number of ether oxygens (including phenoxy) is 1. The molecule has 2 atom stereocenters. The van der Waals surface area contributed by atoms with Gasteiger partial charge < -0.3 is 14.7 Å². The standard InChI is InChI=1S/C12H18N2O2/c1-9(15)11-4-3-6-13-12(11)14(2)10-5-7-16-8-10/h3-4,6,9-10,15H,5,7-8H2,1-2H3/t9-,10?/m0/s1. The molecule has 0 spiro atoms. The predicted molar refractivity (Wildman–Crippen MR) is 62.5 cm³/mol. The van der Waals surface area contributed by atoms with E-state index in [4.69, 9.17) is 4.74 Å². The summed E-state index contributed by atoms with van der Waals surface area (Å²) in [5.74, 6) is 0.855. The summed E-state index contributed by atoms with van der Waals surface area (Å²) in [4.78, 5) is 6.46. The zero-order chi connectivity index (χ0) is 11.5. The number of nitrogens with zero attached hydrogens (tertiary/aromatic N) is 2. The Morgan fingerprint density at radius 1 is 1.62 bits per heavy atom. The highest BCUT2D eigenvalue weighted by molar-refractivity contribution is 5.48. The van der Waals surface area contributed by atoms with Crippen LogP contribution in [0.3, 0.4) is 0 Å². The fourth-order valence-corrected chi connectivity index (χ4v) is 2.03. The van der Waals surface area contributed by atoms with Crippen LogP contribution in [0.4, 0.5) is 5.82 Å². The molecular formula is C12H18N2O2. The van der Waals surface area contributed by atoms with Crippen LogP contribution in [0.15, 0.2) is 18.3 Å². The SMILES string of the molecule is C[C@H](O)c1cccnc1N(C)C1CCOC1. The van der Waals surface area contributed by atoms with Gasteiger partial charge in [-0.15, -0.1) is 0 Å². The van der Waals surface area contributed by atoms with Crippen LogP contribution in [-0.2, 0) is 4.74 Å². The molecule has 1 saturated heterocycles. The second kappa shape index (κ2) is 4.80. The third-order valence-corrected chi connectivity index (χ3v) is 3.05. The summed E-state index contributed by atoms with van der Waals surface area (Å²) < 4.78 is 5.37. The van der Waals surface area contributed by atoms with Gasteiger partial charge in [0, 0.05) is 25.4 Å². The molecule has 0 saturated carbocycles. The number of hydrogen-bond acceptors (Lipinski definition) is 4. The Kier molecular flexibility index (Phi) is 3.41. The van der Waals surface area contributed by atoms with Crippen molar-refractivity contribution >= 4 is 5.82 Å². The van der Waals surface area contributed by atoms with E-state index >= 15 is 0 Å². The van der Waals surface area contributed by atoms with E-state index in [1.54, 1.807) is 13.1 Å². The summed E-state index contributed by atoms with van der Waals surface area (Å²) in [6.45, 7) is 3.32. The first-order valence-electron chi connectivity index (χ1n) is 5.63. The molecule has 0 aromatic carbocycles. The lowest BCUT2D eigenvalue weighted by Crippen LogP contribution is -2.33. The van der Waals surface area contributed by atoms with Gasteiger partial charge in [-0.25, -0.2) is 4.98 Å². The molecule has 16 heavy (non-hydrogen) atoms. The molecule has 1 aromatic heterocycles. The van der Waals surface area contributed by atoms with Crippen LogP contribution in [-0.4, -0.2) is 36.4 Å². The average molecular weight is 222 g/mol. The minimum Gasteiger partial charge on any atom is -0.389 e. The first kappa shape index (κ1) is 11.4. The first-order valence-corrected chi connectivity index (χ1v) is 5.63. The van der Waals surface area contributed by atoms with E-state index in [1.165, 1.54) is 0 Å². The van der Waals surface area contributed by atoms with Gasteiger partial charge in [-0.3, -0.25) is 0 Å². The minimum absolute atomic E-state index is 0.368. The Morgan fingerprint density at radius 3 is 3.06 bits per heavy atom. The van der Waals surface area contributed by atoms with Gasteiger partial charge >= 0.3 is 0 Å². The molecule has 2 rings (SSSR count). The molecule has 4 heteroatoms. The van der Waals surface area contributed by atoms with E-state index in [2.05, 4.69) is 9.88 Å². The van der Waals surface area contributed by atoms with Crippen molar-refractivity contribution in [2.45, 2.75) is 25.5 Å². The van der Waals surface area contributed by atoms with Crippen LogP contribution < -0.4 is 4.90 Å². The van der Waals surface area contributed by atoms with Gasteiger partial charge in [-0.1, -0.05) is 6.07 Å². The van der Waals surface area contributed by atoms with Crippen molar-refractivity contribution in [1.29, 1.82) is 0 Å². The van der Waals surface area contributed by atoms with Crippen molar-refractivity contribution in [3.63, 3.8) is 0 Å². The molecule has 1 N–H and O–H groups in total. The van der Waals surface area contributed by atoms with E-state index in [0.29, 0.717) is 6.04 Å². The number of hydrogen-bond donors (Lipinski definition) is 1. The Labute approximate surface area is 95.9 Å².